The van der Waals surface area contributed by atoms with Gasteiger partial charge < -0.3 is 0 Å². The van der Waals surface area contributed by atoms with Crippen LogP contribution in [-0.4, -0.2) is 25.9 Å². The van der Waals surface area contributed by atoms with Crippen molar-refractivity contribution in [3.63, 3.8) is 0 Å². The quantitative estimate of drug-likeness (QED) is 0.697. The average molecular weight is 401 g/mol. The van der Waals surface area contributed by atoms with Gasteiger partial charge in [0.25, 0.3) is 20.2 Å². The Morgan fingerprint density at radius 1 is 0.769 bits per heavy atom. The highest BCUT2D eigenvalue weighted by atomic mass is 32.2. The van der Waals surface area contributed by atoms with Crippen molar-refractivity contribution >= 4 is 31.0 Å². The van der Waals surface area contributed by atoms with Gasteiger partial charge >= 0.3 is 0 Å². The lowest BCUT2D eigenvalue weighted by Gasteiger charge is -2.26. The van der Waals surface area contributed by atoms with E-state index in [1.807, 2.05) is 20.8 Å². The van der Waals surface area contributed by atoms with E-state index in [2.05, 4.69) is 0 Å². The minimum Gasteiger partial charge on any atom is -0.282 e. The van der Waals surface area contributed by atoms with Crippen molar-refractivity contribution in [3.8, 4) is 0 Å². The Morgan fingerprint density at radius 3 is 1.62 bits per heavy atom. The average Bonchev–Trinajstić information content (AvgIpc) is 2.56. The molecule has 0 bridgehead atoms. The van der Waals surface area contributed by atoms with Crippen molar-refractivity contribution in [2.24, 2.45) is 0 Å². The second kappa shape index (κ2) is 7.26. The van der Waals surface area contributed by atoms with Crippen LogP contribution in [0.3, 0.4) is 0 Å². The molecule has 0 saturated carbocycles. The van der Waals surface area contributed by atoms with E-state index in [1.165, 1.54) is 6.07 Å². The maximum absolute atomic E-state index is 12.2. The third-order valence-electron chi connectivity index (χ3n) is 4.93. The van der Waals surface area contributed by atoms with Crippen LogP contribution < -0.4 is 0 Å². The van der Waals surface area contributed by atoms with Crippen LogP contribution in [0, 0.1) is 0 Å². The molecule has 0 spiro atoms. The highest BCUT2D eigenvalue weighted by Gasteiger charge is 2.35. The zero-order valence-corrected chi connectivity index (χ0v) is 16.9. The Hall–Kier alpha value is -1.48. The van der Waals surface area contributed by atoms with Gasteiger partial charge in [-0.05, 0) is 41.2 Å². The SMILES string of the molecule is CCC(C)c1c(S(=O)(=O)O)c(S(=O)(=O)O)c2ccccc2c1C(C)CC. The normalized spacial score (nSPS) is 15.2. The molecule has 2 rings (SSSR count). The maximum Gasteiger partial charge on any atom is 0.296 e. The van der Waals surface area contributed by atoms with Gasteiger partial charge in [-0.1, -0.05) is 52.0 Å². The Kier molecular flexibility index (Phi) is 5.82. The zero-order chi connectivity index (χ0) is 19.9. The summed E-state index contributed by atoms with van der Waals surface area (Å²) in [5.74, 6) is -0.402. The fourth-order valence-electron chi connectivity index (χ4n) is 3.37. The second-order valence-corrected chi connectivity index (χ2v) is 9.32. The van der Waals surface area contributed by atoms with E-state index < -0.39 is 30.0 Å². The van der Waals surface area contributed by atoms with Crippen molar-refractivity contribution in [3.05, 3.63) is 35.4 Å². The third kappa shape index (κ3) is 3.64. The van der Waals surface area contributed by atoms with E-state index in [9.17, 15) is 25.9 Å². The van der Waals surface area contributed by atoms with Gasteiger partial charge in [-0.3, -0.25) is 9.11 Å². The topological polar surface area (TPSA) is 109 Å². The summed E-state index contributed by atoms with van der Waals surface area (Å²) in [6.07, 6.45) is 1.23. The Balaban J connectivity index is 3.33. The molecule has 0 amide bonds. The number of rotatable bonds is 6. The second-order valence-electron chi connectivity index (χ2n) is 6.60. The van der Waals surface area contributed by atoms with Crippen molar-refractivity contribution in [1.29, 1.82) is 0 Å². The summed E-state index contributed by atoms with van der Waals surface area (Å²) in [6, 6.07) is 6.45. The molecule has 2 unspecified atom stereocenters. The van der Waals surface area contributed by atoms with Crippen LogP contribution in [0.2, 0.25) is 0 Å². The van der Waals surface area contributed by atoms with Crippen molar-refractivity contribution in [1.82, 2.24) is 0 Å². The van der Waals surface area contributed by atoms with E-state index in [0.717, 1.165) is 0 Å². The molecule has 2 N–H and O–H groups in total. The summed E-state index contributed by atoms with van der Waals surface area (Å²) in [6.45, 7) is 7.50. The Morgan fingerprint density at radius 2 is 1.19 bits per heavy atom. The van der Waals surface area contributed by atoms with E-state index in [0.29, 0.717) is 23.8 Å². The molecule has 0 saturated heterocycles. The fourth-order valence-corrected chi connectivity index (χ4v) is 5.73. The molecule has 26 heavy (non-hydrogen) atoms. The first-order chi connectivity index (χ1) is 11.9. The van der Waals surface area contributed by atoms with Crippen molar-refractivity contribution in [2.75, 3.05) is 0 Å². The molecule has 144 valence electrons. The molecule has 8 heteroatoms. The van der Waals surface area contributed by atoms with Crippen LogP contribution in [0.5, 0.6) is 0 Å². The standard InChI is InChI=1S/C18H24O6S2/c1-5-11(3)15-13-9-7-8-10-14(13)17(25(19,20)21)18(26(22,23)24)16(15)12(4)6-2/h7-12H,5-6H2,1-4H3,(H,19,20,21)(H,22,23,24). The van der Waals surface area contributed by atoms with Gasteiger partial charge in [0.1, 0.15) is 9.79 Å². The maximum atomic E-state index is 12.2. The van der Waals surface area contributed by atoms with Crippen molar-refractivity contribution < 1.29 is 25.9 Å². The zero-order valence-electron chi connectivity index (χ0n) is 15.2. The molecule has 0 aliphatic heterocycles. The summed E-state index contributed by atoms with van der Waals surface area (Å²) in [5.41, 5.74) is 0.952. The lowest BCUT2D eigenvalue weighted by molar-refractivity contribution is 0.464. The Bertz CT molecular complexity index is 1040. The van der Waals surface area contributed by atoms with Gasteiger partial charge in [0.15, 0.2) is 0 Å². The summed E-state index contributed by atoms with van der Waals surface area (Å²) in [7, 11) is -9.79. The molecular formula is C18H24O6S2. The molecule has 0 aromatic heterocycles. The first-order valence-electron chi connectivity index (χ1n) is 8.48. The van der Waals surface area contributed by atoms with Crippen LogP contribution in [0.25, 0.3) is 10.8 Å². The van der Waals surface area contributed by atoms with Gasteiger partial charge in [0.05, 0.1) is 0 Å². The van der Waals surface area contributed by atoms with Crippen LogP contribution >= 0.6 is 0 Å². The van der Waals surface area contributed by atoms with E-state index in [1.54, 1.807) is 25.1 Å². The van der Waals surface area contributed by atoms with Crippen molar-refractivity contribution in [2.45, 2.75) is 62.2 Å². The smallest absolute Gasteiger partial charge is 0.282 e. The lowest BCUT2D eigenvalue weighted by atomic mass is 9.83. The van der Waals surface area contributed by atoms with Gasteiger partial charge in [0, 0.05) is 5.39 Å². The lowest BCUT2D eigenvalue weighted by Crippen LogP contribution is -2.17. The summed E-state index contributed by atoms with van der Waals surface area (Å²) in [4.78, 5) is -1.46. The molecule has 0 aliphatic carbocycles. The molecule has 0 fully saturated rings. The van der Waals surface area contributed by atoms with E-state index in [-0.39, 0.29) is 22.8 Å². The number of hydrogen-bond acceptors (Lipinski definition) is 4. The molecule has 0 radical (unpaired) electrons. The summed E-state index contributed by atoms with van der Waals surface area (Å²) >= 11 is 0. The van der Waals surface area contributed by atoms with E-state index >= 15 is 0 Å². The summed E-state index contributed by atoms with van der Waals surface area (Å²) in [5, 5.41) is 0.655. The first-order valence-corrected chi connectivity index (χ1v) is 11.4. The minimum atomic E-state index is -4.90. The van der Waals surface area contributed by atoms with Crippen LogP contribution in [0.15, 0.2) is 34.1 Å². The predicted molar refractivity (Wildman–Crippen MR) is 101 cm³/mol. The molecular weight excluding hydrogens is 376 g/mol. The number of benzene rings is 2. The highest BCUT2D eigenvalue weighted by molar-refractivity contribution is 7.89. The van der Waals surface area contributed by atoms with Crippen LogP contribution in [0.1, 0.15) is 63.5 Å². The van der Waals surface area contributed by atoms with Gasteiger partial charge in [-0.2, -0.15) is 16.8 Å². The third-order valence-corrected chi connectivity index (χ3v) is 6.94. The predicted octanol–water partition coefficient (Wildman–Crippen LogP) is 4.36. The monoisotopic (exact) mass is 400 g/mol. The largest absolute Gasteiger partial charge is 0.296 e. The van der Waals surface area contributed by atoms with Gasteiger partial charge in [-0.25, -0.2) is 0 Å². The minimum absolute atomic E-state index is 0.0696. The molecule has 2 aromatic rings. The molecule has 2 atom stereocenters. The van der Waals surface area contributed by atoms with E-state index in [4.69, 9.17) is 0 Å². The first kappa shape index (κ1) is 20.8. The molecule has 0 aliphatic rings. The summed E-state index contributed by atoms with van der Waals surface area (Å²) < 4.78 is 68.4. The fraction of sp³-hybridized carbons (Fsp3) is 0.444. The molecule has 2 aromatic carbocycles. The van der Waals surface area contributed by atoms with Crippen LogP contribution in [-0.2, 0) is 20.2 Å². The van der Waals surface area contributed by atoms with Crippen LogP contribution in [0.4, 0.5) is 0 Å². The molecule has 0 heterocycles. The highest BCUT2D eigenvalue weighted by Crippen LogP contribution is 2.44. The number of fused-ring (bicyclic) bond motifs is 1. The molecule has 6 nitrogen and oxygen atoms in total. The number of hydrogen-bond donors (Lipinski definition) is 2. The van der Waals surface area contributed by atoms with Gasteiger partial charge in [-0.15, -0.1) is 0 Å². The van der Waals surface area contributed by atoms with Gasteiger partial charge in [0.2, 0.25) is 0 Å². The Labute approximate surface area is 154 Å².